The molecule has 0 spiro atoms. The van der Waals surface area contributed by atoms with Crippen molar-refractivity contribution in [3.05, 3.63) is 27.8 Å². The van der Waals surface area contributed by atoms with Gasteiger partial charge in [-0.1, -0.05) is 0 Å². The summed E-state index contributed by atoms with van der Waals surface area (Å²) in [6.07, 6.45) is 1.24. The lowest BCUT2D eigenvalue weighted by atomic mass is 10.1. The van der Waals surface area contributed by atoms with Crippen molar-refractivity contribution >= 4 is 17.9 Å². The van der Waals surface area contributed by atoms with Crippen molar-refractivity contribution in [3.8, 4) is 11.5 Å². The van der Waals surface area contributed by atoms with E-state index in [1.54, 1.807) is 0 Å². The summed E-state index contributed by atoms with van der Waals surface area (Å²) in [7, 11) is 2.74. The third-order valence-corrected chi connectivity index (χ3v) is 2.10. The van der Waals surface area contributed by atoms with Crippen LogP contribution in [0.4, 0.5) is 5.69 Å². The van der Waals surface area contributed by atoms with Crippen LogP contribution in [0.15, 0.2) is 22.3 Å². The summed E-state index contributed by atoms with van der Waals surface area (Å²) in [6.45, 7) is 0. The summed E-state index contributed by atoms with van der Waals surface area (Å²) >= 11 is 0. The first kappa shape index (κ1) is 14.2. The Bertz CT molecular complexity index is 537. The Morgan fingerprint density at radius 1 is 1.32 bits per heavy atom. The molecule has 1 aromatic rings. The molecule has 9 heteroatoms. The van der Waals surface area contributed by atoms with E-state index in [2.05, 4.69) is 10.2 Å². The van der Waals surface area contributed by atoms with Crippen molar-refractivity contribution in [1.82, 2.24) is 0 Å². The van der Waals surface area contributed by atoms with Gasteiger partial charge in [0.15, 0.2) is 0 Å². The summed E-state index contributed by atoms with van der Waals surface area (Å²) in [4.78, 5) is 10.3. The highest BCUT2D eigenvalue weighted by Gasteiger charge is 2.18. The van der Waals surface area contributed by atoms with Crippen molar-refractivity contribution in [2.24, 2.45) is 21.7 Å². The first-order valence-corrected chi connectivity index (χ1v) is 5.02. The van der Waals surface area contributed by atoms with E-state index < -0.39 is 4.92 Å². The average Bonchev–Trinajstić information content (AvgIpc) is 2.37. The van der Waals surface area contributed by atoms with E-state index >= 15 is 0 Å². The maximum absolute atomic E-state index is 10.9. The monoisotopic (exact) mass is 267 g/mol. The number of hydrogen-bond donors (Lipinski definition) is 2. The molecule has 0 saturated carbocycles. The van der Waals surface area contributed by atoms with Gasteiger partial charge in [-0.3, -0.25) is 10.1 Å². The minimum Gasteiger partial charge on any atom is -0.496 e. The van der Waals surface area contributed by atoms with Gasteiger partial charge in [0.05, 0.1) is 25.4 Å². The molecule has 0 aliphatic carbocycles. The molecule has 0 saturated heterocycles. The lowest BCUT2D eigenvalue weighted by Crippen LogP contribution is -2.21. The third-order valence-electron chi connectivity index (χ3n) is 2.10. The van der Waals surface area contributed by atoms with Crippen LogP contribution in [0, 0.1) is 10.1 Å². The number of benzene rings is 1. The van der Waals surface area contributed by atoms with Gasteiger partial charge in [0.2, 0.25) is 11.7 Å². The van der Waals surface area contributed by atoms with Crippen molar-refractivity contribution in [2.45, 2.75) is 0 Å². The molecule has 0 bridgehead atoms. The molecule has 0 unspecified atom stereocenters. The van der Waals surface area contributed by atoms with Crippen LogP contribution in [-0.2, 0) is 0 Å². The molecule has 9 nitrogen and oxygen atoms in total. The number of nitrogens with zero attached hydrogens (tertiary/aromatic N) is 3. The number of rotatable bonds is 5. The quantitative estimate of drug-likeness (QED) is 0.338. The molecule has 0 amide bonds. The topological polar surface area (TPSA) is 138 Å². The molecular formula is C10H13N5O4. The zero-order valence-electron chi connectivity index (χ0n) is 10.4. The minimum absolute atomic E-state index is 0.0841. The molecule has 102 valence electrons. The summed E-state index contributed by atoms with van der Waals surface area (Å²) in [5.41, 5.74) is 10.3. The maximum atomic E-state index is 10.9. The smallest absolute Gasteiger partial charge is 0.311 e. The molecule has 4 N–H and O–H groups in total. The van der Waals surface area contributed by atoms with Gasteiger partial charge in [-0.15, -0.1) is 5.10 Å². The number of hydrogen-bond acceptors (Lipinski definition) is 6. The van der Waals surface area contributed by atoms with Gasteiger partial charge < -0.3 is 20.9 Å². The number of ether oxygens (including phenoxy) is 2. The second-order valence-corrected chi connectivity index (χ2v) is 3.29. The minimum atomic E-state index is -0.573. The fourth-order valence-electron chi connectivity index (χ4n) is 1.31. The molecule has 1 aromatic carbocycles. The van der Waals surface area contributed by atoms with E-state index in [9.17, 15) is 10.1 Å². The van der Waals surface area contributed by atoms with E-state index in [4.69, 9.17) is 20.9 Å². The van der Waals surface area contributed by atoms with Crippen LogP contribution >= 0.6 is 0 Å². The van der Waals surface area contributed by atoms with Gasteiger partial charge in [0.1, 0.15) is 5.75 Å². The van der Waals surface area contributed by atoms with Crippen LogP contribution in [0.5, 0.6) is 11.5 Å². The zero-order chi connectivity index (χ0) is 14.4. The number of guanidine groups is 1. The average molecular weight is 267 g/mol. The van der Waals surface area contributed by atoms with Crippen LogP contribution in [0.25, 0.3) is 0 Å². The molecular weight excluding hydrogens is 254 g/mol. The highest BCUT2D eigenvalue weighted by Crippen LogP contribution is 2.33. The van der Waals surface area contributed by atoms with Gasteiger partial charge in [-0.05, 0) is 0 Å². The second kappa shape index (κ2) is 6.19. The molecule has 0 atom stereocenters. The van der Waals surface area contributed by atoms with Crippen LogP contribution in [-0.4, -0.2) is 31.3 Å². The van der Waals surface area contributed by atoms with E-state index in [0.29, 0.717) is 11.3 Å². The lowest BCUT2D eigenvalue weighted by Gasteiger charge is -2.07. The molecule has 19 heavy (non-hydrogen) atoms. The van der Waals surface area contributed by atoms with Crippen LogP contribution in [0.1, 0.15) is 5.56 Å². The van der Waals surface area contributed by atoms with Crippen molar-refractivity contribution in [3.63, 3.8) is 0 Å². The largest absolute Gasteiger partial charge is 0.496 e. The van der Waals surface area contributed by atoms with Crippen molar-refractivity contribution in [1.29, 1.82) is 0 Å². The van der Waals surface area contributed by atoms with Gasteiger partial charge in [0, 0.05) is 17.7 Å². The number of nitrogens with two attached hydrogens (primary N) is 2. The van der Waals surface area contributed by atoms with Crippen molar-refractivity contribution in [2.75, 3.05) is 14.2 Å². The van der Waals surface area contributed by atoms with E-state index in [0.717, 1.165) is 0 Å². The lowest BCUT2D eigenvalue weighted by molar-refractivity contribution is -0.385. The van der Waals surface area contributed by atoms with E-state index in [1.165, 1.54) is 32.6 Å². The van der Waals surface area contributed by atoms with Crippen molar-refractivity contribution < 1.29 is 14.4 Å². The summed E-state index contributed by atoms with van der Waals surface area (Å²) in [5.74, 6) is 0.205. The first-order chi connectivity index (χ1) is 8.99. The van der Waals surface area contributed by atoms with Crippen LogP contribution < -0.4 is 20.9 Å². The number of nitro benzene ring substituents is 1. The Kier molecular flexibility index (Phi) is 4.63. The van der Waals surface area contributed by atoms with E-state index in [1.807, 2.05) is 0 Å². The highest BCUT2D eigenvalue weighted by atomic mass is 16.6. The molecule has 0 radical (unpaired) electrons. The predicted molar refractivity (Wildman–Crippen MR) is 69.6 cm³/mol. The Labute approximate surface area is 108 Å². The Morgan fingerprint density at radius 3 is 2.42 bits per heavy atom. The molecule has 1 rings (SSSR count). The fraction of sp³-hybridized carbons (Fsp3) is 0.200. The molecule has 0 aliphatic rings. The van der Waals surface area contributed by atoms with Gasteiger partial charge in [0.25, 0.3) is 0 Å². The van der Waals surface area contributed by atoms with Crippen LogP contribution in [0.2, 0.25) is 0 Å². The fourth-order valence-corrected chi connectivity index (χ4v) is 1.31. The predicted octanol–water partition coefficient (Wildman–Crippen LogP) is 0.219. The maximum Gasteiger partial charge on any atom is 0.311 e. The van der Waals surface area contributed by atoms with Crippen LogP contribution in [0.3, 0.4) is 0 Å². The Morgan fingerprint density at radius 2 is 1.95 bits per heavy atom. The zero-order valence-corrected chi connectivity index (χ0v) is 10.4. The highest BCUT2D eigenvalue weighted by molar-refractivity contribution is 5.86. The Hall–Kier alpha value is -2.84. The van der Waals surface area contributed by atoms with Gasteiger partial charge in [-0.2, -0.15) is 5.10 Å². The number of nitro groups is 1. The normalized spacial score (nSPS) is 10.2. The second-order valence-electron chi connectivity index (χ2n) is 3.29. The van der Waals surface area contributed by atoms with E-state index in [-0.39, 0.29) is 17.4 Å². The third kappa shape index (κ3) is 3.56. The number of methoxy groups -OCH3 is 2. The summed E-state index contributed by atoms with van der Waals surface area (Å²) in [5, 5.41) is 17.9. The molecule has 0 heterocycles. The summed E-state index contributed by atoms with van der Waals surface area (Å²) < 4.78 is 9.99. The molecule has 0 fully saturated rings. The SMILES string of the molecule is COc1cc(OC)c([N+](=O)[O-])cc1C=NN=C(N)N. The summed E-state index contributed by atoms with van der Waals surface area (Å²) in [6, 6.07) is 2.64. The molecule has 0 aromatic heterocycles. The van der Waals surface area contributed by atoms with Gasteiger partial charge in [-0.25, -0.2) is 0 Å². The Balaban J connectivity index is 3.29. The first-order valence-electron chi connectivity index (χ1n) is 5.02. The van der Waals surface area contributed by atoms with Gasteiger partial charge >= 0.3 is 5.69 Å². The standard InChI is InChI=1S/C10H13N5O4/c1-18-8-4-9(19-2)7(15(16)17)3-6(8)5-13-14-10(11)12/h3-5H,1-2H3,(H4,11,12,14). The molecule has 0 aliphatic heterocycles.